The van der Waals surface area contributed by atoms with Crippen LogP contribution in [0.1, 0.15) is 23.0 Å². The van der Waals surface area contributed by atoms with Crippen LogP contribution in [0.4, 0.5) is 0 Å². The van der Waals surface area contributed by atoms with Crippen molar-refractivity contribution in [1.29, 1.82) is 0 Å². The van der Waals surface area contributed by atoms with E-state index in [2.05, 4.69) is 48.5 Å². The van der Waals surface area contributed by atoms with E-state index in [1.165, 1.54) is 26.4 Å². The molecule has 0 fully saturated rings. The minimum absolute atomic E-state index is 0.316. The highest BCUT2D eigenvalue weighted by Gasteiger charge is 2.29. The monoisotopic (exact) mass is 292 g/mol. The Morgan fingerprint density at radius 1 is 0.857 bits per heavy atom. The van der Waals surface area contributed by atoms with Gasteiger partial charge in [0.2, 0.25) is 0 Å². The summed E-state index contributed by atoms with van der Waals surface area (Å²) in [6.45, 7) is 0. The molecule has 0 radical (unpaired) electrons. The molecule has 0 spiro atoms. The number of benzene rings is 2. The molecule has 0 amide bonds. The molecule has 1 unspecified atom stereocenters. The van der Waals surface area contributed by atoms with Crippen molar-refractivity contribution in [3.05, 3.63) is 71.1 Å². The molecule has 1 atom stereocenters. The average Bonchev–Trinajstić information content (AvgIpc) is 3.09. The van der Waals surface area contributed by atoms with Crippen LogP contribution in [0.2, 0.25) is 0 Å². The fraction of sp³-hybridized carbons (Fsp3) is 0.158. The summed E-state index contributed by atoms with van der Waals surface area (Å²) in [5.41, 5.74) is 4.83. The Labute approximate surface area is 128 Å². The van der Waals surface area contributed by atoms with E-state index < -0.39 is 0 Å². The highest BCUT2D eigenvalue weighted by Crippen LogP contribution is 2.49. The number of aryl methyl sites for hydroxylation is 1. The Morgan fingerprint density at radius 2 is 1.48 bits per heavy atom. The second-order valence-corrected chi connectivity index (χ2v) is 6.53. The van der Waals surface area contributed by atoms with Gasteiger partial charge in [-0.2, -0.15) is 0 Å². The molecule has 1 nitrogen and oxygen atoms in total. The van der Waals surface area contributed by atoms with E-state index in [9.17, 15) is 5.11 Å². The van der Waals surface area contributed by atoms with Crippen molar-refractivity contribution in [3.63, 3.8) is 0 Å². The summed E-state index contributed by atoms with van der Waals surface area (Å²) < 4.78 is 0. The SMILES string of the molecule is OC1CCc2sc(-c3ccccc3)c(-c3ccccc3)c21. The van der Waals surface area contributed by atoms with E-state index in [0.29, 0.717) is 0 Å². The number of thiophene rings is 1. The highest BCUT2D eigenvalue weighted by molar-refractivity contribution is 7.16. The lowest BCUT2D eigenvalue weighted by Crippen LogP contribution is -1.92. The third-order valence-electron chi connectivity index (χ3n) is 4.10. The molecular formula is C19H16OS. The number of hydrogen-bond acceptors (Lipinski definition) is 2. The molecule has 1 aliphatic carbocycles. The normalized spacial score (nSPS) is 16.9. The molecule has 0 aliphatic heterocycles. The van der Waals surface area contributed by atoms with Crippen molar-refractivity contribution in [1.82, 2.24) is 0 Å². The van der Waals surface area contributed by atoms with E-state index >= 15 is 0 Å². The van der Waals surface area contributed by atoms with Gasteiger partial charge in [0.05, 0.1) is 6.10 Å². The molecule has 3 aromatic rings. The Balaban J connectivity index is 1.99. The number of aliphatic hydroxyl groups is 1. The first-order valence-electron chi connectivity index (χ1n) is 7.29. The minimum atomic E-state index is -0.316. The molecule has 0 saturated carbocycles. The van der Waals surface area contributed by atoms with Crippen molar-refractivity contribution in [2.45, 2.75) is 18.9 Å². The van der Waals surface area contributed by atoms with E-state index in [0.717, 1.165) is 18.4 Å². The van der Waals surface area contributed by atoms with E-state index in [4.69, 9.17) is 0 Å². The number of rotatable bonds is 2. The van der Waals surface area contributed by atoms with E-state index in [1.807, 2.05) is 23.5 Å². The van der Waals surface area contributed by atoms with Crippen LogP contribution in [0.3, 0.4) is 0 Å². The van der Waals surface area contributed by atoms with Crippen molar-refractivity contribution < 1.29 is 5.11 Å². The van der Waals surface area contributed by atoms with Crippen molar-refractivity contribution in [2.75, 3.05) is 0 Å². The lowest BCUT2D eigenvalue weighted by atomic mass is 9.96. The second kappa shape index (κ2) is 5.14. The molecule has 2 heteroatoms. The number of fused-ring (bicyclic) bond motifs is 1. The molecular weight excluding hydrogens is 276 g/mol. The van der Waals surface area contributed by atoms with Crippen molar-refractivity contribution in [2.24, 2.45) is 0 Å². The maximum atomic E-state index is 10.4. The summed E-state index contributed by atoms with van der Waals surface area (Å²) in [6.07, 6.45) is 1.54. The van der Waals surface area contributed by atoms with Gasteiger partial charge in [0.25, 0.3) is 0 Å². The van der Waals surface area contributed by atoms with Gasteiger partial charge in [0.1, 0.15) is 0 Å². The van der Waals surface area contributed by atoms with Crippen LogP contribution >= 0.6 is 11.3 Å². The zero-order valence-corrected chi connectivity index (χ0v) is 12.4. The fourth-order valence-corrected chi connectivity index (χ4v) is 4.52. The minimum Gasteiger partial charge on any atom is -0.388 e. The molecule has 1 heterocycles. The Bertz CT molecular complexity index is 759. The van der Waals surface area contributed by atoms with Gasteiger partial charge in [0, 0.05) is 20.9 Å². The topological polar surface area (TPSA) is 20.2 Å². The molecule has 0 saturated heterocycles. The summed E-state index contributed by atoms with van der Waals surface area (Å²) in [5.74, 6) is 0. The van der Waals surface area contributed by atoms with Gasteiger partial charge in [-0.05, 0) is 24.0 Å². The second-order valence-electron chi connectivity index (χ2n) is 5.43. The van der Waals surface area contributed by atoms with Gasteiger partial charge < -0.3 is 5.11 Å². The molecule has 1 aliphatic rings. The quantitative estimate of drug-likeness (QED) is 0.700. The van der Waals surface area contributed by atoms with Crippen molar-refractivity contribution >= 4 is 11.3 Å². The molecule has 2 aromatic carbocycles. The smallest absolute Gasteiger partial charge is 0.0810 e. The largest absolute Gasteiger partial charge is 0.388 e. The van der Waals surface area contributed by atoms with Gasteiger partial charge in [-0.15, -0.1) is 11.3 Å². The Kier molecular flexibility index (Phi) is 3.13. The summed E-state index contributed by atoms with van der Waals surface area (Å²) >= 11 is 1.84. The summed E-state index contributed by atoms with van der Waals surface area (Å²) in [7, 11) is 0. The molecule has 104 valence electrons. The molecule has 21 heavy (non-hydrogen) atoms. The predicted molar refractivity (Wildman–Crippen MR) is 88.5 cm³/mol. The first kappa shape index (κ1) is 12.8. The predicted octanol–water partition coefficient (Wildman–Crippen LogP) is 5.06. The average molecular weight is 292 g/mol. The maximum Gasteiger partial charge on any atom is 0.0810 e. The number of aliphatic hydroxyl groups excluding tert-OH is 1. The van der Waals surface area contributed by atoms with Crippen LogP contribution in [-0.4, -0.2) is 5.11 Å². The molecule has 4 rings (SSSR count). The summed E-state index contributed by atoms with van der Waals surface area (Å²) in [4.78, 5) is 2.63. The molecule has 0 bridgehead atoms. The van der Waals surface area contributed by atoms with Crippen LogP contribution in [0.25, 0.3) is 21.6 Å². The van der Waals surface area contributed by atoms with Crippen molar-refractivity contribution in [3.8, 4) is 21.6 Å². The van der Waals surface area contributed by atoms with Crippen LogP contribution in [0, 0.1) is 0 Å². The zero-order valence-electron chi connectivity index (χ0n) is 11.6. The first-order valence-corrected chi connectivity index (χ1v) is 8.10. The van der Waals surface area contributed by atoms with Gasteiger partial charge in [-0.1, -0.05) is 60.7 Å². The van der Waals surface area contributed by atoms with E-state index in [1.54, 1.807) is 0 Å². The Morgan fingerprint density at radius 3 is 2.14 bits per heavy atom. The summed E-state index contributed by atoms with van der Waals surface area (Å²) in [6, 6.07) is 20.9. The van der Waals surface area contributed by atoms with Gasteiger partial charge in [0.15, 0.2) is 0 Å². The lowest BCUT2D eigenvalue weighted by Gasteiger charge is -2.10. The highest BCUT2D eigenvalue weighted by atomic mass is 32.1. The van der Waals surface area contributed by atoms with Crippen LogP contribution < -0.4 is 0 Å². The van der Waals surface area contributed by atoms with Gasteiger partial charge in [-0.3, -0.25) is 0 Å². The van der Waals surface area contributed by atoms with Crippen LogP contribution in [0.15, 0.2) is 60.7 Å². The molecule has 1 N–H and O–H groups in total. The third kappa shape index (κ3) is 2.11. The third-order valence-corrected chi connectivity index (χ3v) is 5.41. The van der Waals surface area contributed by atoms with Gasteiger partial charge in [-0.25, -0.2) is 0 Å². The van der Waals surface area contributed by atoms with Gasteiger partial charge >= 0.3 is 0 Å². The fourth-order valence-electron chi connectivity index (χ4n) is 3.13. The summed E-state index contributed by atoms with van der Waals surface area (Å²) in [5, 5.41) is 10.4. The van der Waals surface area contributed by atoms with Crippen LogP contribution in [0.5, 0.6) is 0 Å². The van der Waals surface area contributed by atoms with Crippen LogP contribution in [-0.2, 0) is 6.42 Å². The maximum absolute atomic E-state index is 10.4. The molecule has 1 aromatic heterocycles. The Hall–Kier alpha value is -1.90. The zero-order chi connectivity index (χ0) is 14.2. The standard InChI is InChI=1S/C19H16OS/c20-15-11-12-16-18(15)17(13-7-3-1-4-8-13)19(21-16)14-9-5-2-6-10-14/h1-10,15,20H,11-12H2. The first-order chi connectivity index (χ1) is 10.3. The lowest BCUT2D eigenvalue weighted by molar-refractivity contribution is 0.180. The van der Waals surface area contributed by atoms with E-state index in [-0.39, 0.29) is 6.10 Å². The number of hydrogen-bond donors (Lipinski definition) is 1.